The highest BCUT2D eigenvalue weighted by Gasteiger charge is 2.31. The quantitative estimate of drug-likeness (QED) is 0.392. The van der Waals surface area contributed by atoms with Gasteiger partial charge in [0.2, 0.25) is 5.89 Å². The molecule has 142 valence electrons. The Labute approximate surface area is 171 Å². The molecule has 6 nitrogen and oxygen atoms in total. The monoisotopic (exact) mass is 409 g/mol. The van der Waals surface area contributed by atoms with E-state index in [1.54, 1.807) is 23.1 Å². The Bertz CT molecular complexity index is 1050. The first-order valence-corrected chi connectivity index (χ1v) is 11.0. The van der Waals surface area contributed by atoms with E-state index >= 15 is 0 Å². The van der Waals surface area contributed by atoms with E-state index in [4.69, 9.17) is 4.42 Å². The summed E-state index contributed by atoms with van der Waals surface area (Å²) >= 11 is 3.21. The van der Waals surface area contributed by atoms with Crippen LogP contribution in [-0.2, 0) is 6.54 Å². The number of rotatable bonds is 7. The summed E-state index contributed by atoms with van der Waals surface area (Å²) in [6.45, 7) is 2.84. The summed E-state index contributed by atoms with van der Waals surface area (Å²) in [5.74, 6) is 2.80. The van der Waals surface area contributed by atoms with Crippen LogP contribution in [0.2, 0.25) is 0 Å². The van der Waals surface area contributed by atoms with Crippen molar-refractivity contribution in [3.05, 3.63) is 65.1 Å². The van der Waals surface area contributed by atoms with Crippen LogP contribution in [0, 0.1) is 0 Å². The number of aromatic nitrogens is 5. The number of hydrogen-bond donors (Lipinski definition) is 0. The van der Waals surface area contributed by atoms with Crippen molar-refractivity contribution in [1.29, 1.82) is 0 Å². The molecule has 1 atom stereocenters. The third-order valence-corrected chi connectivity index (χ3v) is 6.60. The van der Waals surface area contributed by atoms with Crippen molar-refractivity contribution < 1.29 is 4.42 Å². The van der Waals surface area contributed by atoms with Crippen LogP contribution in [0.25, 0.3) is 10.8 Å². The van der Waals surface area contributed by atoms with E-state index in [1.165, 1.54) is 18.4 Å². The maximum absolute atomic E-state index is 5.90. The van der Waals surface area contributed by atoms with E-state index in [-0.39, 0.29) is 5.25 Å². The minimum atomic E-state index is -0.00742. The van der Waals surface area contributed by atoms with Crippen molar-refractivity contribution in [3.63, 3.8) is 0 Å². The Balaban J connectivity index is 1.39. The Morgan fingerprint density at radius 1 is 1.11 bits per heavy atom. The number of nitrogens with zero attached hydrogens (tertiary/aromatic N) is 5. The first kappa shape index (κ1) is 17.6. The van der Waals surface area contributed by atoms with Crippen LogP contribution >= 0.6 is 23.1 Å². The molecule has 0 N–H and O–H groups in total. The third-order valence-electron chi connectivity index (χ3n) is 4.67. The van der Waals surface area contributed by atoms with Crippen LogP contribution < -0.4 is 0 Å². The lowest BCUT2D eigenvalue weighted by Gasteiger charge is -2.11. The molecule has 5 rings (SSSR count). The molecule has 4 aromatic rings. The molecule has 1 saturated carbocycles. The van der Waals surface area contributed by atoms with Crippen LogP contribution in [0.15, 0.2) is 57.4 Å². The van der Waals surface area contributed by atoms with Gasteiger partial charge in [0.15, 0.2) is 5.16 Å². The molecule has 0 radical (unpaired) electrons. The number of thioether (sulfide) groups is 1. The van der Waals surface area contributed by atoms with E-state index < -0.39 is 0 Å². The van der Waals surface area contributed by atoms with Crippen molar-refractivity contribution in [2.45, 2.75) is 42.6 Å². The third kappa shape index (κ3) is 3.62. The van der Waals surface area contributed by atoms with E-state index in [2.05, 4.69) is 56.2 Å². The van der Waals surface area contributed by atoms with Gasteiger partial charge in [0.25, 0.3) is 5.89 Å². The maximum atomic E-state index is 5.90. The zero-order valence-electron chi connectivity index (χ0n) is 15.4. The highest BCUT2D eigenvalue weighted by molar-refractivity contribution is 7.99. The molecule has 1 aliphatic carbocycles. The van der Waals surface area contributed by atoms with Crippen LogP contribution in [-0.4, -0.2) is 25.0 Å². The van der Waals surface area contributed by atoms with Gasteiger partial charge >= 0.3 is 0 Å². The summed E-state index contributed by atoms with van der Waals surface area (Å²) in [6.07, 6.45) is 2.39. The van der Waals surface area contributed by atoms with Gasteiger partial charge in [-0.05, 0) is 36.8 Å². The molecule has 1 aliphatic rings. The molecule has 0 amide bonds. The fourth-order valence-corrected chi connectivity index (χ4v) is 4.58. The lowest BCUT2D eigenvalue weighted by molar-refractivity contribution is 0.509. The molecule has 28 heavy (non-hydrogen) atoms. The Hall–Kier alpha value is -2.45. The molecule has 1 fully saturated rings. The second-order valence-corrected chi connectivity index (χ2v) is 9.13. The van der Waals surface area contributed by atoms with E-state index in [0.29, 0.717) is 17.7 Å². The van der Waals surface area contributed by atoms with Gasteiger partial charge < -0.3 is 8.98 Å². The topological polar surface area (TPSA) is 69.6 Å². The fraction of sp³-hybridized carbons (Fsp3) is 0.300. The summed E-state index contributed by atoms with van der Waals surface area (Å²) in [5, 5.41) is 20.3. The van der Waals surface area contributed by atoms with Crippen LogP contribution in [0.4, 0.5) is 0 Å². The molecule has 0 unspecified atom stereocenters. The van der Waals surface area contributed by atoms with Crippen molar-refractivity contribution in [3.8, 4) is 10.8 Å². The van der Waals surface area contributed by atoms with Crippen LogP contribution in [0.5, 0.6) is 0 Å². The molecular formula is C20H19N5OS2. The second kappa shape index (κ2) is 7.52. The lowest BCUT2D eigenvalue weighted by Crippen LogP contribution is -2.06. The Morgan fingerprint density at radius 2 is 1.96 bits per heavy atom. The molecule has 0 bridgehead atoms. The van der Waals surface area contributed by atoms with Crippen molar-refractivity contribution in [2.75, 3.05) is 0 Å². The molecule has 0 spiro atoms. The van der Waals surface area contributed by atoms with Gasteiger partial charge in [0.05, 0.1) is 16.7 Å². The van der Waals surface area contributed by atoms with Crippen LogP contribution in [0.3, 0.4) is 0 Å². The van der Waals surface area contributed by atoms with Crippen LogP contribution in [0.1, 0.15) is 48.2 Å². The highest BCUT2D eigenvalue weighted by Crippen LogP contribution is 2.42. The van der Waals surface area contributed by atoms with E-state index in [0.717, 1.165) is 22.4 Å². The van der Waals surface area contributed by atoms with Gasteiger partial charge in [-0.2, -0.15) is 0 Å². The van der Waals surface area contributed by atoms with Crippen molar-refractivity contribution in [2.24, 2.45) is 0 Å². The summed E-state index contributed by atoms with van der Waals surface area (Å²) < 4.78 is 8.14. The molecule has 8 heteroatoms. The normalized spacial score (nSPS) is 15.0. The van der Waals surface area contributed by atoms with Gasteiger partial charge in [-0.25, -0.2) is 0 Å². The minimum absolute atomic E-state index is 0.00742. The first-order valence-electron chi connectivity index (χ1n) is 9.29. The number of benzene rings is 1. The van der Waals surface area contributed by atoms with E-state index in [1.807, 2.05) is 23.6 Å². The van der Waals surface area contributed by atoms with Gasteiger partial charge in [0, 0.05) is 5.92 Å². The maximum Gasteiger partial charge on any atom is 0.257 e. The SMILES string of the molecule is C[C@@H](Sc1nnc(C2CC2)n1Cc1ccccc1)c1nnc(-c2cccs2)o1. The molecular weight excluding hydrogens is 390 g/mol. The summed E-state index contributed by atoms with van der Waals surface area (Å²) in [4.78, 5) is 0.985. The Morgan fingerprint density at radius 3 is 2.71 bits per heavy atom. The van der Waals surface area contributed by atoms with Gasteiger partial charge in [0.1, 0.15) is 5.82 Å². The number of hydrogen-bond acceptors (Lipinski definition) is 7. The highest BCUT2D eigenvalue weighted by atomic mass is 32.2. The van der Waals surface area contributed by atoms with Crippen molar-refractivity contribution in [1.82, 2.24) is 25.0 Å². The number of thiophene rings is 1. The van der Waals surface area contributed by atoms with Crippen molar-refractivity contribution >= 4 is 23.1 Å². The fourth-order valence-electron chi connectivity index (χ4n) is 3.05. The average molecular weight is 410 g/mol. The largest absolute Gasteiger partial charge is 0.419 e. The smallest absolute Gasteiger partial charge is 0.257 e. The van der Waals surface area contributed by atoms with E-state index in [9.17, 15) is 0 Å². The molecule has 3 heterocycles. The molecule has 3 aromatic heterocycles. The first-order chi connectivity index (χ1) is 13.8. The van der Waals surface area contributed by atoms with Gasteiger partial charge in [-0.15, -0.1) is 31.7 Å². The zero-order valence-corrected chi connectivity index (χ0v) is 17.0. The lowest BCUT2D eigenvalue weighted by atomic mass is 10.2. The Kier molecular flexibility index (Phi) is 4.74. The average Bonchev–Trinajstić information content (AvgIpc) is 3.13. The summed E-state index contributed by atoms with van der Waals surface area (Å²) in [5.41, 5.74) is 1.25. The summed E-state index contributed by atoms with van der Waals surface area (Å²) in [7, 11) is 0. The minimum Gasteiger partial charge on any atom is -0.419 e. The molecule has 0 saturated heterocycles. The predicted octanol–water partition coefficient (Wildman–Crippen LogP) is 5.17. The predicted molar refractivity (Wildman–Crippen MR) is 109 cm³/mol. The molecule has 0 aliphatic heterocycles. The summed E-state index contributed by atoms with van der Waals surface area (Å²) in [6, 6.07) is 14.4. The zero-order chi connectivity index (χ0) is 18.9. The second-order valence-electron chi connectivity index (χ2n) is 6.87. The standard InChI is InChI=1S/C20H19N5OS2/c1-13(18-22-23-19(26-18)16-8-5-11-27-16)28-20-24-21-17(15-9-10-15)25(20)12-14-6-3-2-4-7-14/h2-8,11,13,15H,9-10,12H2,1H3/t13-/m1/s1. The van der Waals surface area contributed by atoms with Gasteiger partial charge in [-0.1, -0.05) is 48.2 Å². The molecule has 1 aromatic carbocycles. The van der Waals surface area contributed by atoms with Gasteiger partial charge in [-0.3, -0.25) is 0 Å².